The van der Waals surface area contributed by atoms with Crippen molar-refractivity contribution in [3.63, 3.8) is 0 Å². The predicted molar refractivity (Wildman–Crippen MR) is 119 cm³/mol. The summed E-state index contributed by atoms with van der Waals surface area (Å²) in [6.45, 7) is 0.654. The van der Waals surface area contributed by atoms with Crippen molar-refractivity contribution in [3.8, 4) is 0 Å². The predicted octanol–water partition coefficient (Wildman–Crippen LogP) is 3.47. The summed E-state index contributed by atoms with van der Waals surface area (Å²) in [4.78, 5) is 14.4. The van der Waals surface area contributed by atoms with Crippen LogP contribution >= 0.6 is 0 Å². The molecule has 1 heterocycles. The molecule has 8 heteroatoms. The van der Waals surface area contributed by atoms with E-state index in [1.54, 1.807) is 24.1 Å². The number of sulfone groups is 1. The van der Waals surface area contributed by atoms with Gasteiger partial charge in [0.05, 0.1) is 4.90 Å². The molecular formula is C23H30FN3O3S. The molecular weight excluding hydrogens is 417 g/mol. The monoisotopic (exact) mass is 447 g/mol. The normalized spacial score (nSPS) is 18.8. The standard InChI is InChI=1S/C23H30FN3O3S/c1-27(23(28)18-9-13-21(14-10-18)31(2,29)30)15-5-3-4-6-20-16-22(26-25-20)17-7-11-19(24)12-8-17/h7-14,20,22,25-26H,3-6,15-16H2,1-2H3. The lowest BCUT2D eigenvalue weighted by atomic mass is 9.99. The molecule has 2 aromatic rings. The van der Waals surface area contributed by atoms with Crippen LogP contribution < -0.4 is 10.9 Å². The van der Waals surface area contributed by atoms with Gasteiger partial charge in [0.25, 0.3) is 5.91 Å². The molecule has 0 saturated carbocycles. The van der Waals surface area contributed by atoms with E-state index in [9.17, 15) is 17.6 Å². The molecule has 0 spiro atoms. The first-order valence-electron chi connectivity index (χ1n) is 10.6. The van der Waals surface area contributed by atoms with Crippen LogP contribution in [-0.2, 0) is 9.84 Å². The van der Waals surface area contributed by atoms with Gasteiger partial charge in [0, 0.05) is 37.5 Å². The smallest absolute Gasteiger partial charge is 0.253 e. The second-order valence-electron chi connectivity index (χ2n) is 8.20. The van der Waals surface area contributed by atoms with Crippen molar-refractivity contribution >= 4 is 15.7 Å². The molecule has 1 aliphatic rings. The van der Waals surface area contributed by atoms with Crippen LogP contribution in [0.1, 0.15) is 54.1 Å². The number of rotatable bonds is 9. The Hall–Kier alpha value is -2.29. The lowest BCUT2D eigenvalue weighted by molar-refractivity contribution is 0.0792. The molecule has 0 bridgehead atoms. The van der Waals surface area contributed by atoms with E-state index in [2.05, 4.69) is 10.9 Å². The Morgan fingerprint density at radius 2 is 1.71 bits per heavy atom. The van der Waals surface area contributed by atoms with Crippen LogP contribution in [0.25, 0.3) is 0 Å². The zero-order chi connectivity index (χ0) is 22.4. The zero-order valence-corrected chi connectivity index (χ0v) is 18.8. The summed E-state index contributed by atoms with van der Waals surface area (Å²) < 4.78 is 36.1. The maximum absolute atomic E-state index is 13.1. The highest BCUT2D eigenvalue weighted by molar-refractivity contribution is 7.90. The quantitative estimate of drug-likeness (QED) is 0.576. The summed E-state index contributed by atoms with van der Waals surface area (Å²) >= 11 is 0. The van der Waals surface area contributed by atoms with Crippen LogP contribution in [0.15, 0.2) is 53.4 Å². The minimum atomic E-state index is -3.26. The number of carbonyl (C=O) groups excluding carboxylic acids is 1. The van der Waals surface area contributed by atoms with Gasteiger partial charge in [-0.1, -0.05) is 25.0 Å². The van der Waals surface area contributed by atoms with Crippen molar-refractivity contribution < 1.29 is 17.6 Å². The molecule has 2 unspecified atom stereocenters. The van der Waals surface area contributed by atoms with Crippen LogP contribution in [0.5, 0.6) is 0 Å². The molecule has 1 aliphatic heterocycles. The van der Waals surface area contributed by atoms with Crippen LogP contribution in [0.3, 0.4) is 0 Å². The van der Waals surface area contributed by atoms with E-state index in [1.165, 1.54) is 24.3 Å². The van der Waals surface area contributed by atoms with E-state index in [0.29, 0.717) is 18.2 Å². The number of hydrogen-bond acceptors (Lipinski definition) is 5. The van der Waals surface area contributed by atoms with E-state index in [1.807, 2.05) is 12.1 Å². The largest absolute Gasteiger partial charge is 0.342 e. The number of nitrogens with one attached hydrogen (secondary N) is 2. The molecule has 168 valence electrons. The molecule has 0 aliphatic carbocycles. The number of unbranched alkanes of at least 4 members (excludes halogenated alkanes) is 2. The number of carbonyl (C=O) groups is 1. The third-order valence-electron chi connectivity index (χ3n) is 5.68. The van der Waals surface area contributed by atoms with Gasteiger partial charge in [-0.15, -0.1) is 0 Å². The second-order valence-corrected chi connectivity index (χ2v) is 10.2. The first-order valence-corrected chi connectivity index (χ1v) is 12.5. The Morgan fingerprint density at radius 1 is 1.03 bits per heavy atom. The molecule has 1 saturated heterocycles. The Balaban J connectivity index is 1.35. The Kier molecular flexibility index (Phi) is 7.80. The molecule has 2 aromatic carbocycles. The second kappa shape index (κ2) is 10.3. The van der Waals surface area contributed by atoms with Gasteiger partial charge >= 0.3 is 0 Å². The fourth-order valence-electron chi connectivity index (χ4n) is 3.81. The van der Waals surface area contributed by atoms with Crippen molar-refractivity contribution in [1.82, 2.24) is 15.8 Å². The molecule has 1 fully saturated rings. The lowest BCUT2D eigenvalue weighted by Crippen LogP contribution is -2.30. The van der Waals surface area contributed by atoms with Gasteiger partial charge in [0.2, 0.25) is 0 Å². The number of nitrogens with zero attached hydrogens (tertiary/aromatic N) is 1. The third kappa shape index (κ3) is 6.59. The zero-order valence-electron chi connectivity index (χ0n) is 18.0. The first kappa shape index (κ1) is 23.4. The van der Waals surface area contributed by atoms with E-state index in [-0.39, 0.29) is 22.7 Å². The Labute approximate surface area is 183 Å². The number of benzene rings is 2. The molecule has 2 atom stereocenters. The molecule has 0 aromatic heterocycles. The maximum atomic E-state index is 13.1. The van der Waals surface area contributed by atoms with Crippen LogP contribution in [0, 0.1) is 5.82 Å². The van der Waals surface area contributed by atoms with Crippen molar-refractivity contribution in [2.24, 2.45) is 0 Å². The third-order valence-corrected chi connectivity index (χ3v) is 6.80. The van der Waals surface area contributed by atoms with Gasteiger partial charge in [0.1, 0.15) is 5.82 Å². The van der Waals surface area contributed by atoms with Gasteiger partial charge in [-0.05, 0) is 61.2 Å². The SMILES string of the molecule is CN(CCCCCC1CC(c2ccc(F)cc2)NN1)C(=O)c1ccc(S(C)(=O)=O)cc1. The Bertz CT molecular complexity index is 978. The molecule has 3 rings (SSSR count). The minimum absolute atomic E-state index is 0.108. The average molecular weight is 448 g/mol. The molecule has 2 N–H and O–H groups in total. The summed E-state index contributed by atoms with van der Waals surface area (Å²) in [6, 6.07) is 13.3. The topological polar surface area (TPSA) is 78.5 Å². The van der Waals surface area contributed by atoms with Crippen LogP contribution in [0.4, 0.5) is 4.39 Å². The van der Waals surface area contributed by atoms with Crippen LogP contribution in [0.2, 0.25) is 0 Å². The summed E-state index contributed by atoms with van der Waals surface area (Å²) in [7, 11) is -1.50. The first-order chi connectivity index (χ1) is 14.7. The van der Waals surface area contributed by atoms with Gasteiger partial charge < -0.3 is 4.90 Å². The fourth-order valence-corrected chi connectivity index (χ4v) is 4.44. The fraction of sp³-hybridized carbons (Fsp3) is 0.435. The highest BCUT2D eigenvalue weighted by atomic mass is 32.2. The van der Waals surface area contributed by atoms with E-state index in [4.69, 9.17) is 0 Å². The lowest BCUT2D eigenvalue weighted by Gasteiger charge is -2.17. The summed E-state index contributed by atoms with van der Waals surface area (Å²) in [5, 5.41) is 0. The van der Waals surface area contributed by atoms with E-state index >= 15 is 0 Å². The van der Waals surface area contributed by atoms with Crippen molar-refractivity contribution in [3.05, 3.63) is 65.5 Å². The number of amides is 1. The number of hydrazine groups is 1. The van der Waals surface area contributed by atoms with Gasteiger partial charge in [-0.25, -0.2) is 12.8 Å². The van der Waals surface area contributed by atoms with E-state index in [0.717, 1.165) is 43.9 Å². The van der Waals surface area contributed by atoms with Crippen LogP contribution in [-0.4, -0.2) is 45.1 Å². The molecule has 0 radical (unpaired) electrons. The Morgan fingerprint density at radius 3 is 2.35 bits per heavy atom. The maximum Gasteiger partial charge on any atom is 0.253 e. The van der Waals surface area contributed by atoms with Gasteiger partial charge in [-0.3, -0.25) is 15.6 Å². The molecule has 1 amide bonds. The number of hydrogen-bond donors (Lipinski definition) is 2. The molecule has 6 nitrogen and oxygen atoms in total. The van der Waals surface area contributed by atoms with Crippen molar-refractivity contribution in [2.75, 3.05) is 19.8 Å². The summed E-state index contributed by atoms with van der Waals surface area (Å²) in [6.07, 6.45) is 6.13. The summed E-state index contributed by atoms with van der Waals surface area (Å²) in [5.74, 6) is -0.329. The van der Waals surface area contributed by atoms with E-state index < -0.39 is 9.84 Å². The highest BCUT2D eigenvalue weighted by Gasteiger charge is 2.24. The van der Waals surface area contributed by atoms with Gasteiger partial charge in [-0.2, -0.15) is 0 Å². The van der Waals surface area contributed by atoms with Crippen molar-refractivity contribution in [1.29, 1.82) is 0 Å². The average Bonchev–Trinajstić information content (AvgIpc) is 3.21. The van der Waals surface area contributed by atoms with Gasteiger partial charge in [0.15, 0.2) is 9.84 Å². The molecule has 31 heavy (non-hydrogen) atoms. The highest BCUT2D eigenvalue weighted by Crippen LogP contribution is 2.24. The number of halogens is 1. The minimum Gasteiger partial charge on any atom is -0.342 e. The summed E-state index contributed by atoms with van der Waals surface area (Å²) in [5.41, 5.74) is 8.18. The van der Waals surface area contributed by atoms with Crippen molar-refractivity contribution in [2.45, 2.75) is 49.1 Å².